The van der Waals surface area contributed by atoms with E-state index in [1.807, 2.05) is 19.1 Å². The van der Waals surface area contributed by atoms with Crippen LogP contribution in [0.2, 0.25) is 0 Å². The van der Waals surface area contributed by atoms with Crippen molar-refractivity contribution >= 4 is 50.0 Å². The summed E-state index contributed by atoms with van der Waals surface area (Å²) in [5, 5.41) is 18.1. The lowest BCUT2D eigenvalue weighted by Crippen LogP contribution is -2.42. The third kappa shape index (κ3) is 5.67. The Labute approximate surface area is 211 Å². The molecule has 0 saturated heterocycles. The number of nitrogen functional groups attached to an aromatic ring is 1. The first-order chi connectivity index (χ1) is 16.9. The standard InChI is InChI=1S/C27H25BrN4O3/c1-2-16-3-5-18(6-4-16)26(34)32-23(17-7-9-20(28)10-8-17)24(33)27(35)31-21-11-12-22-19(15-21)13-14-30-25(22)29/h3-15,23-24,33H,2H2,1H3,(H2,29,30)(H,31,35)(H,32,34). The van der Waals surface area contributed by atoms with Gasteiger partial charge in [0.1, 0.15) is 5.82 Å². The third-order valence-corrected chi connectivity index (χ3v) is 6.32. The van der Waals surface area contributed by atoms with Crippen molar-refractivity contribution in [3.05, 3.63) is 100 Å². The van der Waals surface area contributed by atoms with Crippen molar-refractivity contribution in [1.82, 2.24) is 10.3 Å². The largest absolute Gasteiger partial charge is 0.383 e. The first-order valence-electron chi connectivity index (χ1n) is 11.1. The Hall–Kier alpha value is -3.75. The van der Waals surface area contributed by atoms with Gasteiger partial charge in [0.2, 0.25) is 0 Å². The van der Waals surface area contributed by atoms with Crippen LogP contribution in [0.5, 0.6) is 0 Å². The SMILES string of the molecule is CCc1ccc(C(=O)NC(c2ccc(Br)cc2)C(O)C(=O)Nc2ccc3c(N)nccc3c2)cc1. The van der Waals surface area contributed by atoms with Gasteiger partial charge in [0, 0.05) is 27.3 Å². The number of pyridine rings is 1. The Morgan fingerprint density at radius 2 is 1.74 bits per heavy atom. The number of aliphatic hydroxyl groups is 1. The highest BCUT2D eigenvalue weighted by Gasteiger charge is 2.29. The van der Waals surface area contributed by atoms with E-state index in [4.69, 9.17) is 5.73 Å². The van der Waals surface area contributed by atoms with E-state index < -0.39 is 18.1 Å². The van der Waals surface area contributed by atoms with Crippen LogP contribution in [0.15, 0.2) is 83.5 Å². The number of hydrogen-bond acceptors (Lipinski definition) is 5. The zero-order valence-electron chi connectivity index (χ0n) is 19.0. The van der Waals surface area contributed by atoms with Gasteiger partial charge in [-0.3, -0.25) is 9.59 Å². The highest BCUT2D eigenvalue weighted by atomic mass is 79.9. The number of amides is 2. The molecule has 0 aliphatic rings. The van der Waals surface area contributed by atoms with E-state index in [0.717, 1.165) is 27.2 Å². The third-order valence-electron chi connectivity index (χ3n) is 5.79. The molecule has 2 amide bonds. The highest BCUT2D eigenvalue weighted by molar-refractivity contribution is 9.10. The summed E-state index contributed by atoms with van der Waals surface area (Å²) in [6.45, 7) is 2.04. The first-order valence-corrected chi connectivity index (χ1v) is 11.9. The molecule has 0 aliphatic carbocycles. The first kappa shape index (κ1) is 24.4. The number of carbonyl (C=O) groups is 2. The van der Waals surface area contributed by atoms with Gasteiger partial charge in [-0.15, -0.1) is 0 Å². The van der Waals surface area contributed by atoms with E-state index in [9.17, 15) is 14.7 Å². The molecule has 2 unspecified atom stereocenters. The molecule has 0 bridgehead atoms. The molecule has 0 spiro atoms. The van der Waals surface area contributed by atoms with Crippen LogP contribution in [0.4, 0.5) is 11.5 Å². The molecule has 1 aromatic heterocycles. The number of fused-ring (bicyclic) bond motifs is 1. The van der Waals surface area contributed by atoms with Gasteiger partial charge < -0.3 is 21.5 Å². The van der Waals surface area contributed by atoms with Gasteiger partial charge >= 0.3 is 0 Å². The zero-order valence-corrected chi connectivity index (χ0v) is 20.6. The molecule has 2 atom stereocenters. The van der Waals surface area contributed by atoms with Crippen molar-refractivity contribution in [2.75, 3.05) is 11.1 Å². The van der Waals surface area contributed by atoms with Crippen molar-refractivity contribution in [3.8, 4) is 0 Å². The Morgan fingerprint density at radius 3 is 2.43 bits per heavy atom. The van der Waals surface area contributed by atoms with Gasteiger partial charge in [0.25, 0.3) is 11.8 Å². The molecule has 5 N–H and O–H groups in total. The molecule has 178 valence electrons. The fourth-order valence-corrected chi connectivity index (χ4v) is 4.04. The molecule has 4 rings (SSSR count). The Bertz CT molecular complexity index is 1360. The summed E-state index contributed by atoms with van der Waals surface area (Å²) in [5.74, 6) is -0.646. The van der Waals surface area contributed by atoms with Gasteiger partial charge in [-0.1, -0.05) is 47.1 Å². The van der Waals surface area contributed by atoms with Crippen LogP contribution in [-0.2, 0) is 11.2 Å². The van der Waals surface area contributed by atoms with Crippen LogP contribution >= 0.6 is 15.9 Å². The van der Waals surface area contributed by atoms with Gasteiger partial charge in [0.05, 0.1) is 6.04 Å². The van der Waals surface area contributed by atoms with Gasteiger partial charge in [0.15, 0.2) is 6.10 Å². The maximum Gasteiger partial charge on any atom is 0.255 e. The molecule has 3 aromatic carbocycles. The maximum atomic E-state index is 13.0. The van der Waals surface area contributed by atoms with Crippen molar-refractivity contribution in [2.24, 2.45) is 0 Å². The van der Waals surface area contributed by atoms with Gasteiger partial charge in [-0.05, 0) is 71.5 Å². The minimum absolute atomic E-state index is 0.388. The molecule has 4 aromatic rings. The lowest BCUT2D eigenvalue weighted by atomic mass is 9.99. The quantitative estimate of drug-likeness (QED) is 0.277. The number of hydrogen-bond donors (Lipinski definition) is 4. The second-order valence-corrected chi connectivity index (χ2v) is 9.04. The van der Waals surface area contributed by atoms with E-state index >= 15 is 0 Å². The van der Waals surface area contributed by atoms with E-state index in [0.29, 0.717) is 22.6 Å². The predicted molar refractivity (Wildman–Crippen MR) is 141 cm³/mol. The Kier molecular flexibility index (Phi) is 7.43. The van der Waals surface area contributed by atoms with Crippen LogP contribution in [0.1, 0.15) is 34.5 Å². The van der Waals surface area contributed by atoms with Crippen LogP contribution in [0, 0.1) is 0 Å². The summed E-state index contributed by atoms with van der Waals surface area (Å²) < 4.78 is 0.838. The molecule has 0 radical (unpaired) electrons. The number of aliphatic hydroxyl groups excluding tert-OH is 1. The van der Waals surface area contributed by atoms with Gasteiger partial charge in [-0.25, -0.2) is 4.98 Å². The zero-order chi connectivity index (χ0) is 24.9. The van der Waals surface area contributed by atoms with E-state index in [1.54, 1.807) is 66.9 Å². The summed E-state index contributed by atoms with van der Waals surface area (Å²) in [6.07, 6.45) is 0.901. The number of nitrogens with zero attached hydrogens (tertiary/aromatic N) is 1. The number of anilines is 2. The molecule has 0 aliphatic heterocycles. The van der Waals surface area contributed by atoms with Gasteiger partial charge in [-0.2, -0.15) is 0 Å². The summed E-state index contributed by atoms with van der Waals surface area (Å²) in [5.41, 5.74) is 8.53. The number of nitrogens with two attached hydrogens (primary N) is 1. The van der Waals surface area contributed by atoms with Crippen LogP contribution in [0.3, 0.4) is 0 Å². The van der Waals surface area contributed by atoms with E-state index in [-0.39, 0.29) is 5.91 Å². The van der Waals surface area contributed by atoms with E-state index in [2.05, 4.69) is 31.5 Å². The van der Waals surface area contributed by atoms with E-state index in [1.165, 1.54) is 0 Å². The molecule has 7 nitrogen and oxygen atoms in total. The summed E-state index contributed by atoms with van der Waals surface area (Å²) in [4.78, 5) is 30.1. The van der Waals surface area contributed by atoms with Crippen LogP contribution in [-0.4, -0.2) is 28.0 Å². The molecular weight excluding hydrogens is 508 g/mol. The number of aromatic nitrogens is 1. The minimum Gasteiger partial charge on any atom is -0.383 e. The number of rotatable bonds is 7. The number of aryl methyl sites for hydroxylation is 1. The molecular formula is C27H25BrN4O3. The average molecular weight is 533 g/mol. The van der Waals surface area contributed by atoms with Crippen molar-refractivity contribution in [3.63, 3.8) is 0 Å². The maximum absolute atomic E-state index is 13.0. The fourth-order valence-electron chi connectivity index (χ4n) is 3.78. The molecule has 8 heteroatoms. The Morgan fingerprint density at radius 1 is 1.03 bits per heavy atom. The smallest absolute Gasteiger partial charge is 0.255 e. The topological polar surface area (TPSA) is 117 Å². The van der Waals surface area contributed by atoms with Crippen molar-refractivity contribution < 1.29 is 14.7 Å². The van der Waals surface area contributed by atoms with Crippen LogP contribution in [0.25, 0.3) is 10.8 Å². The fraction of sp³-hybridized carbons (Fsp3) is 0.148. The van der Waals surface area contributed by atoms with Crippen molar-refractivity contribution in [2.45, 2.75) is 25.5 Å². The summed E-state index contributed by atoms with van der Waals surface area (Å²) in [6, 6.07) is 20.3. The number of carbonyl (C=O) groups excluding carboxylic acids is 2. The van der Waals surface area contributed by atoms with Crippen LogP contribution < -0.4 is 16.4 Å². The average Bonchev–Trinajstić information content (AvgIpc) is 2.87. The molecule has 1 heterocycles. The monoisotopic (exact) mass is 532 g/mol. The predicted octanol–water partition coefficient (Wildman–Crippen LogP) is 4.61. The number of nitrogens with one attached hydrogen (secondary N) is 2. The lowest BCUT2D eigenvalue weighted by Gasteiger charge is -2.24. The second-order valence-electron chi connectivity index (χ2n) is 8.12. The molecule has 0 saturated carbocycles. The summed E-state index contributed by atoms with van der Waals surface area (Å²) in [7, 11) is 0. The number of benzene rings is 3. The summed E-state index contributed by atoms with van der Waals surface area (Å²) >= 11 is 3.39. The number of halogens is 1. The van der Waals surface area contributed by atoms with Crippen molar-refractivity contribution in [1.29, 1.82) is 0 Å². The lowest BCUT2D eigenvalue weighted by molar-refractivity contribution is -0.125. The normalized spacial score (nSPS) is 12.7. The Balaban J connectivity index is 1.57. The molecule has 0 fully saturated rings. The second kappa shape index (κ2) is 10.7. The molecule has 35 heavy (non-hydrogen) atoms. The minimum atomic E-state index is -1.55. The highest BCUT2D eigenvalue weighted by Crippen LogP contribution is 2.25.